The second-order valence-electron chi connectivity index (χ2n) is 6.34. The molecule has 6 heteroatoms. The maximum absolute atomic E-state index is 11.0. The highest BCUT2D eigenvalue weighted by Crippen LogP contribution is 2.42. The number of carbonyl (C=O) groups excluding carboxylic acids is 1. The Bertz CT molecular complexity index is 951. The Labute approximate surface area is 149 Å². The van der Waals surface area contributed by atoms with Crippen LogP contribution in [0, 0.1) is 5.92 Å². The highest BCUT2D eigenvalue weighted by Gasteiger charge is 2.24. The van der Waals surface area contributed by atoms with Gasteiger partial charge < -0.3 is 9.47 Å². The lowest BCUT2D eigenvalue weighted by molar-refractivity contribution is 0.112. The highest BCUT2D eigenvalue weighted by atomic mass is 32.1. The van der Waals surface area contributed by atoms with Gasteiger partial charge >= 0.3 is 0 Å². The molecule has 2 aromatic heterocycles. The van der Waals surface area contributed by atoms with Crippen molar-refractivity contribution in [3.63, 3.8) is 0 Å². The third-order valence-corrected chi connectivity index (χ3v) is 5.75. The number of hydrogen-bond donors (Lipinski definition) is 0. The minimum atomic E-state index is 0.508. The summed E-state index contributed by atoms with van der Waals surface area (Å²) in [5.41, 5.74) is 1.86. The maximum atomic E-state index is 11.0. The summed E-state index contributed by atoms with van der Waals surface area (Å²) >= 11 is 1.74. The first-order chi connectivity index (χ1) is 12.2. The normalized spacial score (nSPS) is 16.5. The second-order valence-corrected chi connectivity index (χ2v) is 7.42. The predicted molar refractivity (Wildman–Crippen MR) is 97.1 cm³/mol. The number of aldehydes is 1. The van der Waals surface area contributed by atoms with E-state index in [1.807, 2.05) is 0 Å². The third kappa shape index (κ3) is 2.87. The smallest absolute Gasteiger partial charge is 0.231 e. The van der Waals surface area contributed by atoms with Crippen molar-refractivity contribution in [1.29, 1.82) is 0 Å². The van der Waals surface area contributed by atoms with Crippen LogP contribution < -0.4 is 9.47 Å². The van der Waals surface area contributed by atoms with Gasteiger partial charge in [0.25, 0.3) is 0 Å². The number of hydrogen-bond acceptors (Lipinski definition) is 6. The number of aryl methyl sites for hydroxylation is 1. The van der Waals surface area contributed by atoms with Crippen LogP contribution in [0.5, 0.6) is 17.4 Å². The van der Waals surface area contributed by atoms with Crippen molar-refractivity contribution in [3.8, 4) is 17.4 Å². The molecular formula is C19H18N2O3S. The van der Waals surface area contributed by atoms with E-state index in [-0.39, 0.29) is 0 Å². The van der Waals surface area contributed by atoms with Gasteiger partial charge in [0.1, 0.15) is 17.4 Å². The molecule has 1 aliphatic rings. The first-order valence-corrected chi connectivity index (χ1v) is 9.07. The van der Waals surface area contributed by atoms with Crippen molar-refractivity contribution in [1.82, 2.24) is 9.97 Å². The van der Waals surface area contributed by atoms with E-state index >= 15 is 0 Å². The molecule has 5 nitrogen and oxygen atoms in total. The molecular weight excluding hydrogens is 336 g/mol. The van der Waals surface area contributed by atoms with E-state index in [9.17, 15) is 4.79 Å². The van der Waals surface area contributed by atoms with Crippen molar-refractivity contribution < 1.29 is 14.3 Å². The van der Waals surface area contributed by atoms with Gasteiger partial charge in [0.15, 0.2) is 11.5 Å². The fourth-order valence-electron chi connectivity index (χ4n) is 3.27. The van der Waals surface area contributed by atoms with Gasteiger partial charge in [-0.15, -0.1) is 11.3 Å². The van der Waals surface area contributed by atoms with Gasteiger partial charge in [-0.3, -0.25) is 4.79 Å². The molecule has 0 amide bonds. The zero-order valence-electron chi connectivity index (χ0n) is 14.1. The molecule has 0 spiro atoms. The van der Waals surface area contributed by atoms with Crippen LogP contribution in [0.3, 0.4) is 0 Å². The van der Waals surface area contributed by atoms with Gasteiger partial charge in [0, 0.05) is 10.4 Å². The van der Waals surface area contributed by atoms with Crippen LogP contribution in [0.1, 0.15) is 34.1 Å². The summed E-state index contributed by atoms with van der Waals surface area (Å²) in [6.07, 6.45) is 5.61. The molecule has 0 N–H and O–H groups in total. The summed E-state index contributed by atoms with van der Waals surface area (Å²) in [5, 5.41) is 1.01. The number of rotatable bonds is 4. The number of nitrogens with zero attached hydrogens (tertiary/aromatic N) is 2. The minimum absolute atomic E-state index is 0.508. The van der Waals surface area contributed by atoms with Crippen molar-refractivity contribution in [3.05, 3.63) is 40.5 Å². The van der Waals surface area contributed by atoms with Crippen molar-refractivity contribution in [2.45, 2.75) is 26.2 Å². The predicted octanol–water partition coefficient (Wildman–Crippen LogP) is 4.43. The van der Waals surface area contributed by atoms with E-state index in [0.717, 1.165) is 29.3 Å². The standard InChI is InChI=1S/C19H18N2O3S/c1-11-3-5-13-16(7-11)25-19-17(13)18(20-10-21-19)24-14-6-4-12(9-22)8-15(14)23-2/h4,6,8-11H,3,5,7H2,1-2H3/t11-/m0/s1. The molecule has 0 saturated carbocycles. The Kier molecular flexibility index (Phi) is 4.13. The Balaban J connectivity index is 1.79. The number of aromatic nitrogens is 2. The number of thiophene rings is 1. The van der Waals surface area contributed by atoms with E-state index in [1.165, 1.54) is 23.2 Å². The summed E-state index contributed by atoms with van der Waals surface area (Å²) in [6.45, 7) is 2.29. The van der Waals surface area contributed by atoms with Crippen LogP contribution in [0.25, 0.3) is 10.2 Å². The number of methoxy groups -OCH3 is 1. The van der Waals surface area contributed by atoms with E-state index in [2.05, 4.69) is 16.9 Å². The Morgan fingerprint density at radius 1 is 1.28 bits per heavy atom. The van der Waals surface area contributed by atoms with Gasteiger partial charge in [-0.05, 0) is 48.9 Å². The average molecular weight is 354 g/mol. The van der Waals surface area contributed by atoms with E-state index in [0.29, 0.717) is 28.9 Å². The molecule has 4 rings (SSSR count). The van der Waals surface area contributed by atoms with Gasteiger partial charge in [-0.1, -0.05) is 6.92 Å². The lowest BCUT2D eigenvalue weighted by Gasteiger charge is -2.18. The molecule has 25 heavy (non-hydrogen) atoms. The average Bonchev–Trinajstić information content (AvgIpc) is 3.00. The van der Waals surface area contributed by atoms with Crippen LogP contribution in [0.2, 0.25) is 0 Å². The fraction of sp³-hybridized carbons (Fsp3) is 0.316. The fourth-order valence-corrected chi connectivity index (χ4v) is 4.61. The van der Waals surface area contributed by atoms with Gasteiger partial charge in [0.2, 0.25) is 5.88 Å². The van der Waals surface area contributed by atoms with Crippen molar-refractivity contribution >= 4 is 27.8 Å². The maximum Gasteiger partial charge on any atom is 0.231 e. The van der Waals surface area contributed by atoms with Crippen LogP contribution in [0.4, 0.5) is 0 Å². The summed E-state index contributed by atoms with van der Waals surface area (Å²) in [4.78, 5) is 22.1. The number of fused-ring (bicyclic) bond motifs is 3. The summed E-state index contributed by atoms with van der Waals surface area (Å²) in [6, 6.07) is 5.09. The SMILES string of the molecule is COc1cc(C=O)ccc1Oc1ncnc2sc3c(c12)CC[C@H](C)C3. The molecule has 0 unspecified atom stereocenters. The minimum Gasteiger partial charge on any atom is -0.493 e. The molecule has 0 bridgehead atoms. The molecule has 0 fully saturated rings. The van der Waals surface area contributed by atoms with Crippen LogP contribution >= 0.6 is 11.3 Å². The van der Waals surface area contributed by atoms with Crippen molar-refractivity contribution in [2.75, 3.05) is 7.11 Å². The van der Waals surface area contributed by atoms with Crippen molar-refractivity contribution in [2.24, 2.45) is 5.92 Å². The first-order valence-electron chi connectivity index (χ1n) is 8.26. The van der Waals surface area contributed by atoms with E-state index in [1.54, 1.807) is 36.6 Å². The quantitative estimate of drug-likeness (QED) is 0.649. The molecule has 3 aromatic rings. The lowest BCUT2D eigenvalue weighted by atomic mass is 9.89. The second kappa shape index (κ2) is 6.44. The summed E-state index contributed by atoms with van der Waals surface area (Å²) in [5.74, 6) is 2.30. The molecule has 1 atom stereocenters. The Hall–Kier alpha value is -2.47. The molecule has 0 saturated heterocycles. The van der Waals surface area contributed by atoms with Gasteiger partial charge in [0.05, 0.1) is 12.5 Å². The monoisotopic (exact) mass is 354 g/mol. The van der Waals surface area contributed by atoms with Crippen LogP contribution in [-0.4, -0.2) is 23.4 Å². The topological polar surface area (TPSA) is 61.3 Å². The zero-order valence-corrected chi connectivity index (χ0v) is 14.9. The summed E-state index contributed by atoms with van der Waals surface area (Å²) < 4.78 is 11.4. The van der Waals surface area contributed by atoms with Crippen LogP contribution in [-0.2, 0) is 12.8 Å². The zero-order chi connectivity index (χ0) is 17.4. The number of ether oxygens (including phenoxy) is 2. The molecule has 0 radical (unpaired) electrons. The largest absolute Gasteiger partial charge is 0.493 e. The van der Waals surface area contributed by atoms with Gasteiger partial charge in [-0.25, -0.2) is 9.97 Å². The lowest BCUT2D eigenvalue weighted by Crippen LogP contribution is -2.08. The third-order valence-electron chi connectivity index (χ3n) is 4.59. The Morgan fingerprint density at radius 3 is 2.96 bits per heavy atom. The molecule has 0 aliphatic heterocycles. The molecule has 1 aromatic carbocycles. The van der Waals surface area contributed by atoms with Gasteiger partial charge in [-0.2, -0.15) is 0 Å². The molecule has 128 valence electrons. The number of benzene rings is 1. The van der Waals surface area contributed by atoms with E-state index < -0.39 is 0 Å². The van der Waals surface area contributed by atoms with E-state index in [4.69, 9.17) is 9.47 Å². The Morgan fingerprint density at radius 2 is 2.16 bits per heavy atom. The van der Waals surface area contributed by atoms with Crippen LogP contribution in [0.15, 0.2) is 24.5 Å². The first kappa shape index (κ1) is 16.0. The molecule has 1 aliphatic carbocycles. The number of carbonyl (C=O) groups is 1. The summed E-state index contributed by atoms with van der Waals surface area (Å²) in [7, 11) is 1.56. The molecule has 2 heterocycles. The highest BCUT2D eigenvalue weighted by molar-refractivity contribution is 7.18.